The zero-order chi connectivity index (χ0) is 10.7. The minimum Gasteiger partial charge on any atom is -0.388 e. The maximum absolute atomic E-state index is 9.60. The quantitative estimate of drug-likeness (QED) is 0.625. The van der Waals surface area contributed by atoms with Gasteiger partial charge in [0.1, 0.15) is 23.7 Å². The predicted octanol–water partition coefficient (Wildman–Crippen LogP) is -0.0429. The lowest BCUT2D eigenvalue weighted by Gasteiger charge is -2.35. The molecule has 84 valence electrons. The fourth-order valence-electron chi connectivity index (χ4n) is 1.22. The molecule has 0 aromatic heterocycles. The first-order valence-corrected chi connectivity index (χ1v) is 5.81. The van der Waals surface area contributed by atoms with E-state index in [1.807, 2.05) is 6.92 Å². The van der Waals surface area contributed by atoms with Gasteiger partial charge in [0, 0.05) is 5.25 Å². The molecule has 0 spiro atoms. The van der Waals surface area contributed by atoms with E-state index in [0.717, 1.165) is 6.42 Å². The molecule has 0 bridgehead atoms. The van der Waals surface area contributed by atoms with Gasteiger partial charge >= 0.3 is 0 Å². The molecule has 1 unspecified atom stereocenters. The second kappa shape index (κ2) is 5.32. The van der Waals surface area contributed by atoms with Crippen molar-refractivity contribution < 1.29 is 20.1 Å². The summed E-state index contributed by atoms with van der Waals surface area (Å²) in [7, 11) is 0. The summed E-state index contributed by atoms with van der Waals surface area (Å²) in [5.41, 5.74) is -0.427. The maximum Gasteiger partial charge on any atom is 0.132 e. The van der Waals surface area contributed by atoms with Crippen LogP contribution in [0.15, 0.2) is 0 Å². The lowest BCUT2D eigenvalue weighted by molar-refractivity contribution is -0.161. The zero-order valence-electron chi connectivity index (χ0n) is 8.46. The Hall–Kier alpha value is 0.190. The molecule has 1 saturated heterocycles. The summed E-state index contributed by atoms with van der Waals surface area (Å²) in [5.74, 6) is 0. The minimum absolute atomic E-state index is 0.0896. The van der Waals surface area contributed by atoms with Gasteiger partial charge in [-0.05, 0) is 6.42 Å². The van der Waals surface area contributed by atoms with Gasteiger partial charge in [0.2, 0.25) is 0 Å². The van der Waals surface area contributed by atoms with Gasteiger partial charge in [-0.1, -0.05) is 13.8 Å². The van der Waals surface area contributed by atoms with Crippen LogP contribution in [0.3, 0.4) is 0 Å². The van der Waals surface area contributed by atoms with Crippen LogP contribution in [0.25, 0.3) is 0 Å². The molecule has 3 N–H and O–H groups in total. The minimum atomic E-state index is -1.09. The first-order chi connectivity index (χ1) is 6.56. The first-order valence-electron chi connectivity index (χ1n) is 4.87. The molecule has 0 saturated carbocycles. The Morgan fingerprint density at radius 2 is 2.00 bits per heavy atom. The molecule has 1 aliphatic rings. The molecule has 1 rings (SSSR count). The molecule has 1 aliphatic heterocycles. The van der Waals surface area contributed by atoms with Crippen LogP contribution in [0.4, 0.5) is 0 Å². The Bertz CT molecular complexity index is 178. The van der Waals surface area contributed by atoms with Gasteiger partial charge in [0.05, 0.1) is 6.61 Å². The number of hydrogen-bond acceptors (Lipinski definition) is 5. The summed E-state index contributed by atoms with van der Waals surface area (Å²) in [6.07, 6.45) is -2.09. The molecule has 1 fully saturated rings. The van der Waals surface area contributed by atoms with Crippen LogP contribution in [-0.4, -0.2) is 50.9 Å². The smallest absolute Gasteiger partial charge is 0.132 e. The molecule has 5 atom stereocenters. The molecule has 1 heterocycles. The molecule has 4 nitrogen and oxygen atoms in total. The van der Waals surface area contributed by atoms with Crippen LogP contribution in [0, 0.1) is 0 Å². The van der Waals surface area contributed by atoms with E-state index in [1.54, 1.807) is 0 Å². The zero-order valence-corrected chi connectivity index (χ0v) is 9.28. The second-order valence-electron chi connectivity index (χ2n) is 3.61. The van der Waals surface area contributed by atoms with Crippen molar-refractivity contribution in [3.63, 3.8) is 0 Å². The highest BCUT2D eigenvalue weighted by Crippen LogP contribution is 2.28. The van der Waals surface area contributed by atoms with Gasteiger partial charge in [-0.25, -0.2) is 0 Å². The van der Waals surface area contributed by atoms with Gasteiger partial charge in [-0.15, -0.1) is 11.8 Å². The highest BCUT2D eigenvalue weighted by atomic mass is 32.2. The van der Waals surface area contributed by atoms with Gasteiger partial charge in [0.15, 0.2) is 0 Å². The largest absolute Gasteiger partial charge is 0.388 e. The molecule has 0 radical (unpaired) electrons. The third-order valence-electron chi connectivity index (χ3n) is 2.40. The molecular weight excluding hydrogens is 204 g/mol. The van der Waals surface area contributed by atoms with Gasteiger partial charge in [-0.2, -0.15) is 0 Å². The summed E-state index contributed by atoms with van der Waals surface area (Å²) >= 11 is 1.49. The Labute approximate surface area is 88.3 Å². The SMILES string of the molecule is CCC(C)S[C@H]1OC[C@@H](O)[C@H](O)[C@H]1O. The van der Waals surface area contributed by atoms with E-state index in [1.165, 1.54) is 11.8 Å². The third-order valence-corrected chi connectivity index (χ3v) is 3.88. The van der Waals surface area contributed by atoms with E-state index in [-0.39, 0.29) is 6.61 Å². The number of aliphatic hydroxyl groups is 3. The summed E-state index contributed by atoms with van der Waals surface area (Å²) in [5, 5.41) is 28.6. The Morgan fingerprint density at radius 1 is 1.36 bits per heavy atom. The Balaban J connectivity index is 2.46. The number of rotatable bonds is 3. The average molecular weight is 222 g/mol. The maximum atomic E-state index is 9.60. The van der Waals surface area contributed by atoms with Crippen LogP contribution < -0.4 is 0 Å². The van der Waals surface area contributed by atoms with Crippen LogP contribution in [0.2, 0.25) is 0 Å². The van der Waals surface area contributed by atoms with Crippen LogP contribution >= 0.6 is 11.8 Å². The summed E-state index contributed by atoms with van der Waals surface area (Å²) in [6.45, 7) is 4.18. The van der Waals surface area contributed by atoms with Crippen molar-refractivity contribution >= 4 is 11.8 Å². The normalized spacial score (nSPS) is 40.9. The van der Waals surface area contributed by atoms with Gasteiger partial charge < -0.3 is 20.1 Å². The van der Waals surface area contributed by atoms with E-state index >= 15 is 0 Å². The molecule has 5 heteroatoms. The Kier molecular flexibility index (Phi) is 4.66. The standard InChI is InChI=1S/C9H18O4S/c1-3-5(2)14-9-8(12)7(11)6(10)4-13-9/h5-12H,3-4H2,1-2H3/t5?,6-,7+,8-,9-/m1/s1. The van der Waals surface area contributed by atoms with Gasteiger partial charge in [-0.3, -0.25) is 0 Å². The predicted molar refractivity (Wildman–Crippen MR) is 55.1 cm³/mol. The van der Waals surface area contributed by atoms with Crippen molar-refractivity contribution in [2.75, 3.05) is 6.61 Å². The fourth-order valence-corrected chi connectivity index (χ4v) is 2.35. The van der Waals surface area contributed by atoms with Crippen LogP contribution in [0.1, 0.15) is 20.3 Å². The molecule has 0 aromatic rings. The van der Waals surface area contributed by atoms with Crippen molar-refractivity contribution in [1.29, 1.82) is 0 Å². The van der Waals surface area contributed by atoms with Crippen molar-refractivity contribution in [2.45, 2.75) is 49.3 Å². The lowest BCUT2D eigenvalue weighted by atomic mass is 10.1. The van der Waals surface area contributed by atoms with Crippen molar-refractivity contribution in [3.8, 4) is 0 Å². The third kappa shape index (κ3) is 2.84. The summed E-state index contributed by atoms with van der Waals surface area (Å²) < 4.78 is 5.25. The summed E-state index contributed by atoms with van der Waals surface area (Å²) in [4.78, 5) is 0. The molecular formula is C9H18O4S. The number of thioether (sulfide) groups is 1. The highest BCUT2D eigenvalue weighted by molar-refractivity contribution is 8.00. The van der Waals surface area contributed by atoms with E-state index in [9.17, 15) is 15.3 Å². The number of hydrogen-bond donors (Lipinski definition) is 3. The molecule has 14 heavy (non-hydrogen) atoms. The second-order valence-corrected chi connectivity index (χ2v) is 5.15. The molecule has 0 aliphatic carbocycles. The molecule has 0 amide bonds. The van der Waals surface area contributed by atoms with E-state index in [2.05, 4.69) is 6.92 Å². The van der Waals surface area contributed by atoms with Crippen molar-refractivity contribution in [1.82, 2.24) is 0 Å². The highest BCUT2D eigenvalue weighted by Gasteiger charge is 2.38. The van der Waals surface area contributed by atoms with E-state index < -0.39 is 23.7 Å². The van der Waals surface area contributed by atoms with Crippen molar-refractivity contribution in [3.05, 3.63) is 0 Å². The van der Waals surface area contributed by atoms with E-state index in [4.69, 9.17) is 4.74 Å². The topological polar surface area (TPSA) is 69.9 Å². The number of ether oxygens (including phenoxy) is 1. The van der Waals surface area contributed by atoms with Crippen LogP contribution in [-0.2, 0) is 4.74 Å². The molecule has 0 aromatic carbocycles. The lowest BCUT2D eigenvalue weighted by Crippen LogP contribution is -2.51. The van der Waals surface area contributed by atoms with Crippen molar-refractivity contribution in [2.24, 2.45) is 0 Å². The first kappa shape index (κ1) is 12.3. The van der Waals surface area contributed by atoms with Crippen LogP contribution in [0.5, 0.6) is 0 Å². The summed E-state index contributed by atoms with van der Waals surface area (Å²) in [6, 6.07) is 0. The fraction of sp³-hybridized carbons (Fsp3) is 1.00. The monoisotopic (exact) mass is 222 g/mol. The van der Waals surface area contributed by atoms with E-state index in [0.29, 0.717) is 5.25 Å². The average Bonchev–Trinajstić information content (AvgIpc) is 2.19. The van der Waals surface area contributed by atoms with Gasteiger partial charge in [0.25, 0.3) is 0 Å². The Morgan fingerprint density at radius 3 is 2.57 bits per heavy atom. The number of aliphatic hydroxyl groups excluding tert-OH is 3.